The first-order chi connectivity index (χ1) is 9.22. The molecule has 0 radical (unpaired) electrons. The molecule has 0 spiro atoms. The van der Waals surface area contributed by atoms with Crippen LogP contribution in [0, 0.1) is 0 Å². The fraction of sp³-hybridized carbons (Fsp3) is 0.571. The Balaban J connectivity index is 2.05. The molecule has 0 aliphatic rings. The number of anilines is 1. The molecule has 0 atom stereocenters. The van der Waals surface area contributed by atoms with Gasteiger partial charge < -0.3 is 10.1 Å². The number of fused-ring (bicyclic) bond motifs is 1. The van der Waals surface area contributed by atoms with Crippen molar-refractivity contribution in [1.82, 2.24) is 14.6 Å². The van der Waals surface area contributed by atoms with Gasteiger partial charge in [0.15, 0.2) is 5.82 Å². The third kappa shape index (κ3) is 3.44. The van der Waals surface area contributed by atoms with Gasteiger partial charge in [-0.1, -0.05) is 13.8 Å². The Morgan fingerprint density at radius 1 is 1.37 bits per heavy atom. The lowest BCUT2D eigenvalue weighted by Gasteiger charge is -2.06. The van der Waals surface area contributed by atoms with Crippen LogP contribution in [-0.2, 0) is 4.74 Å². The van der Waals surface area contributed by atoms with E-state index in [0.29, 0.717) is 5.92 Å². The van der Waals surface area contributed by atoms with Gasteiger partial charge in [-0.15, -0.1) is 0 Å². The van der Waals surface area contributed by atoms with Crippen LogP contribution in [0.5, 0.6) is 0 Å². The van der Waals surface area contributed by atoms with Gasteiger partial charge in [-0.25, -0.2) is 9.50 Å². The number of unbranched alkanes of at least 4 members (excludes halogenated alkanes) is 1. The molecule has 19 heavy (non-hydrogen) atoms. The zero-order chi connectivity index (χ0) is 13.7. The van der Waals surface area contributed by atoms with E-state index < -0.39 is 0 Å². The number of hydrogen-bond acceptors (Lipinski definition) is 4. The van der Waals surface area contributed by atoms with Crippen LogP contribution < -0.4 is 5.32 Å². The van der Waals surface area contributed by atoms with Gasteiger partial charge >= 0.3 is 0 Å². The molecule has 2 rings (SSSR count). The first kappa shape index (κ1) is 13.8. The van der Waals surface area contributed by atoms with Gasteiger partial charge in [-0.3, -0.25) is 0 Å². The van der Waals surface area contributed by atoms with Gasteiger partial charge in [0.1, 0.15) is 5.52 Å². The quantitative estimate of drug-likeness (QED) is 0.779. The predicted molar refractivity (Wildman–Crippen MR) is 76.7 cm³/mol. The summed E-state index contributed by atoms with van der Waals surface area (Å²) in [6.07, 6.45) is 5.80. The highest BCUT2D eigenvalue weighted by Gasteiger charge is 2.09. The van der Waals surface area contributed by atoms with Crippen LogP contribution in [0.3, 0.4) is 0 Å². The Morgan fingerprint density at radius 2 is 2.21 bits per heavy atom. The second-order valence-electron chi connectivity index (χ2n) is 4.96. The summed E-state index contributed by atoms with van der Waals surface area (Å²) in [5, 5.41) is 7.92. The number of hydrogen-bond donors (Lipinski definition) is 1. The highest BCUT2D eigenvalue weighted by Crippen LogP contribution is 2.19. The molecular formula is C14H22N4O. The minimum Gasteiger partial charge on any atom is -0.385 e. The van der Waals surface area contributed by atoms with E-state index in [9.17, 15) is 0 Å². The number of aromatic nitrogens is 3. The first-order valence-corrected chi connectivity index (χ1v) is 6.79. The molecule has 5 heteroatoms. The maximum Gasteiger partial charge on any atom is 0.152 e. The van der Waals surface area contributed by atoms with E-state index in [0.717, 1.165) is 43.0 Å². The van der Waals surface area contributed by atoms with Crippen molar-refractivity contribution in [3.63, 3.8) is 0 Å². The molecule has 0 bridgehead atoms. The summed E-state index contributed by atoms with van der Waals surface area (Å²) in [6, 6.07) is 2.11. The van der Waals surface area contributed by atoms with Crippen molar-refractivity contribution in [1.29, 1.82) is 0 Å². The SMILES string of the molecule is COCCCCNc1nccn2nc(C(C)C)cc12. The number of rotatable bonds is 7. The van der Waals surface area contributed by atoms with Crippen LogP contribution in [0.2, 0.25) is 0 Å². The van der Waals surface area contributed by atoms with Gasteiger partial charge in [0.05, 0.1) is 5.69 Å². The summed E-state index contributed by atoms with van der Waals surface area (Å²) in [4.78, 5) is 4.39. The average molecular weight is 262 g/mol. The van der Waals surface area contributed by atoms with E-state index in [1.807, 2.05) is 10.7 Å². The lowest BCUT2D eigenvalue weighted by atomic mass is 10.1. The predicted octanol–water partition coefficient (Wildman–Crippen LogP) is 2.69. The lowest BCUT2D eigenvalue weighted by Crippen LogP contribution is -2.06. The summed E-state index contributed by atoms with van der Waals surface area (Å²) in [5.41, 5.74) is 2.13. The van der Waals surface area contributed by atoms with E-state index in [4.69, 9.17) is 4.74 Å². The van der Waals surface area contributed by atoms with Crippen molar-refractivity contribution < 1.29 is 4.74 Å². The molecule has 104 valence electrons. The monoisotopic (exact) mass is 262 g/mol. The van der Waals surface area contributed by atoms with Crippen molar-refractivity contribution in [3.8, 4) is 0 Å². The van der Waals surface area contributed by atoms with Crippen molar-refractivity contribution in [2.24, 2.45) is 0 Å². The molecule has 0 aromatic carbocycles. The van der Waals surface area contributed by atoms with E-state index >= 15 is 0 Å². The number of ether oxygens (including phenoxy) is 1. The molecule has 0 saturated heterocycles. The molecule has 0 fully saturated rings. The van der Waals surface area contributed by atoms with Crippen molar-refractivity contribution >= 4 is 11.3 Å². The van der Waals surface area contributed by atoms with Gasteiger partial charge in [-0.2, -0.15) is 5.10 Å². The summed E-state index contributed by atoms with van der Waals surface area (Å²) in [6.45, 7) is 6.00. The second kappa shape index (κ2) is 6.52. The van der Waals surface area contributed by atoms with Crippen LogP contribution >= 0.6 is 0 Å². The standard InChI is InChI=1S/C14H22N4O/c1-11(2)12-10-13-14(15-6-4-5-9-19-3)16-7-8-18(13)17-12/h7-8,10-11H,4-6,9H2,1-3H3,(H,15,16). The van der Waals surface area contributed by atoms with Gasteiger partial charge in [0, 0.05) is 32.7 Å². The fourth-order valence-electron chi connectivity index (χ4n) is 1.94. The summed E-state index contributed by atoms with van der Waals surface area (Å²) < 4.78 is 6.93. The third-order valence-electron chi connectivity index (χ3n) is 3.07. The van der Waals surface area contributed by atoms with Crippen molar-refractivity contribution in [3.05, 3.63) is 24.2 Å². The third-order valence-corrected chi connectivity index (χ3v) is 3.07. The first-order valence-electron chi connectivity index (χ1n) is 6.79. The molecule has 0 unspecified atom stereocenters. The van der Waals surface area contributed by atoms with E-state index in [1.54, 1.807) is 13.3 Å². The van der Waals surface area contributed by atoms with Crippen LogP contribution in [-0.4, -0.2) is 34.9 Å². The van der Waals surface area contributed by atoms with E-state index in [-0.39, 0.29) is 0 Å². The lowest BCUT2D eigenvalue weighted by molar-refractivity contribution is 0.194. The molecule has 2 heterocycles. The minimum atomic E-state index is 0.425. The van der Waals surface area contributed by atoms with E-state index in [1.165, 1.54) is 0 Å². The maximum absolute atomic E-state index is 5.04. The summed E-state index contributed by atoms with van der Waals surface area (Å²) in [7, 11) is 1.73. The summed E-state index contributed by atoms with van der Waals surface area (Å²) in [5.74, 6) is 1.33. The zero-order valence-corrected chi connectivity index (χ0v) is 11.9. The molecule has 0 aliphatic carbocycles. The highest BCUT2D eigenvalue weighted by molar-refractivity contribution is 5.67. The van der Waals surface area contributed by atoms with Crippen LogP contribution in [0.1, 0.15) is 38.3 Å². The van der Waals surface area contributed by atoms with Gasteiger partial charge in [-0.05, 0) is 24.8 Å². The number of methoxy groups -OCH3 is 1. The highest BCUT2D eigenvalue weighted by atomic mass is 16.5. The van der Waals surface area contributed by atoms with Crippen LogP contribution in [0.4, 0.5) is 5.82 Å². The Labute approximate surface area is 114 Å². The molecule has 1 N–H and O–H groups in total. The summed E-state index contributed by atoms with van der Waals surface area (Å²) >= 11 is 0. The maximum atomic E-state index is 5.04. The Bertz CT molecular complexity index is 521. The molecular weight excluding hydrogens is 240 g/mol. The molecule has 5 nitrogen and oxygen atoms in total. The van der Waals surface area contributed by atoms with Crippen molar-refractivity contribution in [2.75, 3.05) is 25.6 Å². The molecule has 0 aliphatic heterocycles. The Morgan fingerprint density at radius 3 is 2.95 bits per heavy atom. The molecule has 2 aromatic rings. The molecule has 0 amide bonds. The Kier molecular flexibility index (Phi) is 4.74. The largest absolute Gasteiger partial charge is 0.385 e. The van der Waals surface area contributed by atoms with E-state index in [2.05, 4.69) is 35.3 Å². The minimum absolute atomic E-state index is 0.425. The zero-order valence-electron chi connectivity index (χ0n) is 11.9. The smallest absolute Gasteiger partial charge is 0.152 e. The number of nitrogens with zero attached hydrogens (tertiary/aromatic N) is 3. The van der Waals surface area contributed by atoms with Crippen LogP contribution in [0.25, 0.3) is 5.52 Å². The van der Waals surface area contributed by atoms with Crippen LogP contribution in [0.15, 0.2) is 18.5 Å². The van der Waals surface area contributed by atoms with Gasteiger partial charge in [0.25, 0.3) is 0 Å². The fourth-order valence-corrected chi connectivity index (χ4v) is 1.94. The van der Waals surface area contributed by atoms with Crippen molar-refractivity contribution in [2.45, 2.75) is 32.6 Å². The normalized spacial score (nSPS) is 11.4. The molecule has 0 saturated carbocycles. The number of nitrogens with one attached hydrogen (secondary N) is 1. The second-order valence-corrected chi connectivity index (χ2v) is 4.96. The molecule has 2 aromatic heterocycles. The topological polar surface area (TPSA) is 51.5 Å². The Hall–Kier alpha value is -1.62. The van der Waals surface area contributed by atoms with Gasteiger partial charge in [0.2, 0.25) is 0 Å². The average Bonchev–Trinajstić information content (AvgIpc) is 2.83.